The van der Waals surface area contributed by atoms with E-state index in [1.807, 2.05) is 6.07 Å². The number of benzene rings is 1. The molecular weight excluding hydrogens is 273 g/mol. The monoisotopic (exact) mass is 293 g/mol. The fourth-order valence-electron chi connectivity index (χ4n) is 3.24. The molecule has 0 saturated heterocycles. The van der Waals surface area contributed by atoms with Gasteiger partial charge >= 0.3 is 0 Å². The van der Waals surface area contributed by atoms with E-state index in [2.05, 4.69) is 19.9 Å². The Kier molecular flexibility index (Phi) is 4.70. The molecule has 1 aliphatic carbocycles. The molecule has 0 atom stereocenters. The van der Waals surface area contributed by atoms with Gasteiger partial charge in [-0.25, -0.2) is 4.39 Å². The zero-order valence-corrected chi connectivity index (χ0v) is 12.9. The van der Waals surface area contributed by atoms with Crippen LogP contribution in [0.3, 0.4) is 0 Å². The molecule has 0 amide bonds. The second-order valence-electron chi connectivity index (χ2n) is 6.36. The maximum atomic E-state index is 13.5. The van der Waals surface area contributed by atoms with E-state index in [4.69, 9.17) is 11.6 Å². The first-order valence-electron chi connectivity index (χ1n) is 7.31. The molecule has 0 aromatic heterocycles. The van der Waals surface area contributed by atoms with Gasteiger partial charge in [0.25, 0.3) is 0 Å². The highest BCUT2D eigenvalue weighted by Gasteiger charge is 2.36. The van der Waals surface area contributed by atoms with Crippen molar-refractivity contribution < 1.29 is 4.39 Å². The van der Waals surface area contributed by atoms with Crippen LogP contribution < -0.4 is 0 Å². The summed E-state index contributed by atoms with van der Waals surface area (Å²) >= 11 is 6.03. The van der Waals surface area contributed by atoms with E-state index >= 15 is 0 Å². The molecule has 2 rings (SSSR count). The number of nitrogens with zero attached hydrogens (tertiary/aromatic N) is 1. The fraction of sp³-hybridized carbons (Fsp3) is 0.588. The first-order valence-corrected chi connectivity index (χ1v) is 7.69. The summed E-state index contributed by atoms with van der Waals surface area (Å²) < 4.78 is 13.5. The average molecular weight is 294 g/mol. The highest BCUT2D eigenvalue weighted by atomic mass is 35.5. The van der Waals surface area contributed by atoms with Gasteiger partial charge in [-0.1, -0.05) is 37.6 Å². The molecule has 1 nitrogen and oxygen atoms in total. The summed E-state index contributed by atoms with van der Waals surface area (Å²) in [6.45, 7) is 4.49. The molecule has 1 aromatic rings. The van der Waals surface area contributed by atoms with E-state index in [-0.39, 0.29) is 10.4 Å². The fourth-order valence-corrected chi connectivity index (χ4v) is 3.43. The second kappa shape index (κ2) is 6.14. The summed E-state index contributed by atoms with van der Waals surface area (Å²) in [5.41, 5.74) is 0.388. The lowest BCUT2D eigenvalue weighted by molar-refractivity contribution is 0.175. The van der Waals surface area contributed by atoms with Gasteiger partial charge in [0.2, 0.25) is 0 Å². The molecule has 0 unspecified atom stereocenters. The van der Waals surface area contributed by atoms with Crippen molar-refractivity contribution in [1.29, 1.82) is 5.26 Å². The van der Waals surface area contributed by atoms with E-state index in [1.54, 1.807) is 6.07 Å². The van der Waals surface area contributed by atoms with Gasteiger partial charge in [0.05, 0.1) is 16.5 Å². The number of nitriles is 1. The smallest absolute Gasteiger partial charge is 0.142 e. The molecule has 0 aliphatic heterocycles. The zero-order chi connectivity index (χ0) is 14.8. The van der Waals surface area contributed by atoms with Gasteiger partial charge in [0.15, 0.2) is 0 Å². The van der Waals surface area contributed by atoms with Gasteiger partial charge in [0, 0.05) is 0 Å². The minimum atomic E-state index is -0.395. The molecule has 3 heteroatoms. The Labute approximate surface area is 125 Å². The maximum Gasteiger partial charge on any atom is 0.142 e. The maximum absolute atomic E-state index is 13.5. The van der Waals surface area contributed by atoms with Crippen LogP contribution in [0.4, 0.5) is 4.39 Å². The quantitative estimate of drug-likeness (QED) is 0.734. The molecule has 0 heterocycles. The second-order valence-corrected chi connectivity index (χ2v) is 6.74. The highest BCUT2D eigenvalue weighted by Crippen LogP contribution is 2.44. The minimum Gasteiger partial charge on any atom is -0.205 e. The average Bonchev–Trinajstić information content (AvgIpc) is 2.44. The molecule has 1 fully saturated rings. The summed E-state index contributed by atoms with van der Waals surface area (Å²) in [7, 11) is 0. The van der Waals surface area contributed by atoms with Crippen molar-refractivity contribution in [1.82, 2.24) is 0 Å². The molecule has 1 aromatic carbocycles. The van der Waals surface area contributed by atoms with Crippen molar-refractivity contribution in [3.05, 3.63) is 34.6 Å². The van der Waals surface area contributed by atoms with E-state index in [0.29, 0.717) is 18.3 Å². The molecular formula is C17H21ClFN. The first-order chi connectivity index (χ1) is 9.47. The summed E-state index contributed by atoms with van der Waals surface area (Å²) in [5.74, 6) is 0.983. The molecule has 0 spiro atoms. The minimum absolute atomic E-state index is 0.174. The molecule has 20 heavy (non-hydrogen) atoms. The third-order valence-corrected chi connectivity index (χ3v) is 5.15. The highest BCUT2D eigenvalue weighted by molar-refractivity contribution is 6.31. The first kappa shape index (κ1) is 15.3. The normalized spacial score (nSPS) is 26.5. The summed E-state index contributed by atoms with van der Waals surface area (Å²) in [4.78, 5) is 0. The standard InChI is InChI=1S/C17H21ClFN/c1-12(2)13-6-8-17(11-20,9-7-13)10-14-4-3-5-15(19)16(14)18/h3-5,12-13H,6-10H2,1-2H3. The van der Waals surface area contributed by atoms with E-state index in [0.717, 1.165) is 31.2 Å². The van der Waals surface area contributed by atoms with Crippen LogP contribution in [0.1, 0.15) is 45.1 Å². The summed E-state index contributed by atoms with van der Waals surface area (Å²) in [6.07, 6.45) is 4.50. The molecule has 0 N–H and O–H groups in total. The van der Waals surface area contributed by atoms with Crippen LogP contribution in [0.5, 0.6) is 0 Å². The zero-order valence-electron chi connectivity index (χ0n) is 12.1. The van der Waals surface area contributed by atoms with Gasteiger partial charge < -0.3 is 0 Å². The van der Waals surface area contributed by atoms with Gasteiger partial charge in [0.1, 0.15) is 5.82 Å². The lowest BCUT2D eigenvalue weighted by Crippen LogP contribution is -2.30. The topological polar surface area (TPSA) is 23.8 Å². The van der Waals surface area contributed by atoms with Gasteiger partial charge in [-0.15, -0.1) is 0 Å². The Morgan fingerprint density at radius 2 is 2.05 bits per heavy atom. The lowest BCUT2D eigenvalue weighted by Gasteiger charge is -2.36. The summed E-state index contributed by atoms with van der Waals surface area (Å²) in [6, 6.07) is 7.35. The van der Waals surface area contributed by atoms with Crippen molar-refractivity contribution in [3.63, 3.8) is 0 Å². The van der Waals surface area contributed by atoms with Crippen molar-refractivity contribution >= 4 is 11.6 Å². The van der Waals surface area contributed by atoms with E-state index in [1.165, 1.54) is 6.07 Å². The third kappa shape index (κ3) is 3.15. The lowest BCUT2D eigenvalue weighted by atomic mass is 9.66. The van der Waals surface area contributed by atoms with Gasteiger partial charge in [-0.05, 0) is 55.6 Å². The predicted molar refractivity (Wildman–Crippen MR) is 80.0 cm³/mol. The van der Waals surface area contributed by atoms with Crippen LogP contribution >= 0.6 is 11.6 Å². The Hall–Kier alpha value is -1.07. The Morgan fingerprint density at radius 1 is 1.40 bits per heavy atom. The predicted octanol–water partition coefficient (Wildman–Crippen LogP) is 5.38. The molecule has 1 saturated carbocycles. The van der Waals surface area contributed by atoms with Crippen molar-refractivity contribution in [2.24, 2.45) is 17.3 Å². The van der Waals surface area contributed by atoms with E-state index in [9.17, 15) is 9.65 Å². The summed E-state index contributed by atoms with van der Waals surface area (Å²) in [5, 5.41) is 9.78. The van der Waals surface area contributed by atoms with Crippen LogP contribution in [0.2, 0.25) is 5.02 Å². The molecule has 0 bridgehead atoms. The molecule has 108 valence electrons. The van der Waals surface area contributed by atoms with Crippen molar-refractivity contribution in [2.75, 3.05) is 0 Å². The SMILES string of the molecule is CC(C)C1CCC(C#N)(Cc2cccc(F)c2Cl)CC1. The number of rotatable bonds is 3. The Balaban J connectivity index is 2.14. The van der Waals surface area contributed by atoms with Gasteiger partial charge in [-0.2, -0.15) is 5.26 Å². The van der Waals surface area contributed by atoms with Crippen LogP contribution in [0.15, 0.2) is 18.2 Å². The Morgan fingerprint density at radius 3 is 2.60 bits per heavy atom. The number of halogens is 2. The number of hydrogen-bond acceptors (Lipinski definition) is 1. The van der Waals surface area contributed by atoms with Crippen LogP contribution in [0.25, 0.3) is 0 Å². The Bertz CT molecular complexity index is 510. The largest absolute Gasteiger partial charge is 0.205 e. The molecule has 1 aliphatic rings. The van der Waals surface area contributed by atoms with Crippen molar-refractivity contribution in [3.8, 4) is 6.07 Å². The molecule has 0 radical (unpaired) electrons. The van der Waals surface area contributed by atoms with Crippen molar-refractivity contribution in [2.45, 2.75) is 46.0 Å². The van der Waals surface area contributed by atoms with Crippen LogP contribution in [-0.4, -0.2) is 0 Å². The van der Waals surface area contributed by atoms with E-state index < -0.39 is 5.82 Å². The third-order valence-electron chi connectivity index (χ3n) is 4.73. The van der Waals surface area contributed by atoms with Gasteiger partial charge in [-0.3, -0.25) is 0 Å². The van der Waals surface area contributed by atoms with Crippen LogP contribution in [0, 0.1) is 34.4 Å². The number of hydrogen-bond donors (Lipinski definition) is 0. The van der Waals surface area contributed by atoms with Crippen LogP contribution in [-0.2, 0) is 6.42 Å².